The van der Waals surface area contributed by atoms with Crippen molar-refractivity contribution >= 4 is 17.8 Å². The number of hydrogen-bond acceptors (Lipinski definition) is 4. The van der Waals surface area contributed by atoms with Crippen LogP contribution in [0.15, 0.2) is 71.7 Å². The Kier molecular flexibility index (Phi) is 9.89. The van der Waals surface area contributed by atoms with Crippen molar-refractivity contribution < 1.29 is 13.9 Å². The minimum absolute atomic E-state index is 0.159. The van der Waals surface area contributed by atoms with Gasteiger partial charge in [0, 0.05) is 26.1 Å². The Morgan fingerprint density at radius 2 is 1.59 bits per heavy atom. The molecule has 1 aliphatic heterocycles. The maximum absolute atomic E-state index is 13.2. The molecule has 0 radical (unpaired) electrons. The van der Waals surface area contributed by atoms with Crippen molar-refractivity contribution in [2.45, 2.75) is 40.7 Å². The molecule has 180 valence electrons. The maximum Gasteiger partial charge on any atom is 0.278 e. The molecule has 0 spiro atoms. The van der Waals surface area contributed by atoms with Crippen molar-refractivity contribution in [2.75, 3.05) is 14.2 Å². The van der Waals surface area contributed by atoms with E-state index < -0.39 is 0 Å². The third-order valence-corrected chi connectivity index (χ3v) is 5.01. The van der Waals surface area contributed by atoms with Gasteiger partial charge in [0.05, 0.1) is 18.1 Å². The molecule has 0 fully saturated rings. The number of methoxy groups -OCH3 is 1. The summed E-state index contributed by atoms with van der Waals surface area (Å²) in [6, 6.07) is 13.8. The highest BCUT2D eigenvalue weighted by Crippen LogP contribution is 2.28. The predicted molar refractivity (Wildman–Crippen MR) is 135 cm³/mol. The number of aryl methyl sites for hydroxylation is 1. The molecule has 0 unspecified atom stereocenters. The lowest BCUT2D eigenvalue weighted by Crippen LogP contribution is -2.33. The van der Waals surface area contributed by atoms with Crippen molar-refractivity contribution in [2.24, 2.45) is 4.99 Å². The zero-order valence-electron chi connectivity index (χ0n) is 20.9. The van der Waals surface area contributed by atoms with E-state index in [0.29, 0.717) is 11.5 Å². The van der Waals surface area contributed by atoms with Crippen LogP contribution in [0.5, 0.6) is 0 Å². The molecule has 1 aliphatic rings. The van der Waals surface area contributed by atoms with Crippen LogP contribution in [0.4, 0.5) is 4.39 Å². The lowest BCUT2D eigenvalue weighted by atomic mass is 10.1. The first kappa shape index (κ1) is 26.7. The SMILES string of the molecule is CC.CC1=N/C(=C\c2ccc(-n3cnc(C)c3)cc2)C(=O)N1[C@@H](C)c1ccc(F)cc1.COC. The van der Waals surface area contributed by atoms with E-state index in [-0.39, 0.29) is 17.8 Å². The Labute approximate surface area is 201 Å². The van der Waals surface area contributed by atoms with E-state index in [4.69, 9.17) is 0 Å². The average molecular weight is 465 g/mol. The van der Waals surface area contributed by atoms with Gasteiger partial charge >= 0.3 is 0 Å². The van der Waals surface area contributed by atoms with Crippen molar-refractivity contribution in [3.05, 3.63) is 89.4 Å². The number of rotatable bonds is 4. The van der Waals surface area contributed by atoms with E-state index >= 15 is 0 Å². The fourth-order valence-electron chi connectivity index (χ4n) is 3.45. The number of carbonyl (C=O) groups is 1. The van der Waals surface area contributed by atoms with Crippen LogP contribution in [0.2, 0.25) is 0 Å². The minimum atomic E-state index is -0.297. The zero-order chi connectivity index (χ0) is 25.3. The van der Waals surface area contributed by atoms with Crippen LogP contribution < -0.4 is 0 Å². The summed E-state index contributed by atoms with van der Waals surface area (Å²) in [5, 5.41) is 0. The number of amidine groups is 1. The third-order valence-electron chi connectivity index (χ3n) is 5.01. The number of halogens is 1. The summed E-state index contributed by atoms with van der Waals surface area (Å²) in [6.45, 7) is 9.66. The topological polar surface area (TPSA) is 59.7 Å². The van der Waals surface area contributed by atoms with E-state index in [1.165, 1.54) is 12.1 Å². The van der Waals surface area contributed by atoms with Crippen LogP contribution in [0, 0.1) is 12.7 Å². The number of nitrogens with zero attached hydrogens (tertiary/aromatic N) is 4. The van der Waals surface area contributed by atoms with Crippen LogP contribution in [-0.4, -0.2) is 40.4 Å². The number of imidazole rings is 1. The molecule has 0 bridgehead atoms. The maximum atomic E-state index is 13.2. The summed E-state index contributed by atoms with van der Waals surface area (Å²) in [6.07, 6.45) is 5.51. The Bertz CT molecular complexity index is 1130. The highest BCUT2D eigenvalue weighted by Gasteiger charge is 2.32. The number of benzene rings is 2. The largest absolute Gasteiger partial charge is 0.388 e. The van der Waals surface area contributed by atoms with Crippen LogP contribution in [0.1, 0.15) is 50.6 Å². The lowest BCUT2D eigenvalue weighted by molar-refractivity contribution is -0.124. The number of ether oxygens (including phenoxy) is 1. The van der Waals surface area contributed by atoms with E-state index in [1.807, 2.05) is 69.6 Å². The van der Waals surface area contributed by atoms with Gasteiger partial charge in [-0.25, -0.2) is 14.4 Å². The van der Waals surface area contributed by atoms with Crippen molar-refractivity contribution in [1.29, 1.82) is 0 Å². The number of aliphatic imine (C=N–C) groups is 1. The molecule has 0 N–H and O–H groups in total. The fourth-order valence-corrected chi connectivity index (χ4v) is 3.45. The molecule has 4 rings (SSSR count). The van der Waals surface area contributed by atoms with Crippen LogP contribution >= 0.6 is 0 Å². The quantitative estimate of drug-likeness (QED) is 0.447. The first-order valence-electron chi connectivity index (χ1n) is 11.2. The molecule has 0 aliphatic carbocycles. The zero-order valence-corrected chi connectivity index (χ0v) is 20.9. The summed E-state index contributed by atoms with van der Waals surface area (Å²) in [4.78, 5) is 23.3. The third kappa shape index (κ3) is 6.48. The summed E-state index contributed by atoms with van der Waals surface area (Å²) in [5.41, 5.74) is 4.09. The van der Waals surface area contributed by atoms with Crippen LogP contribution in [0.25, 0.3) is 11.8 Å². The summed E-state index contributed by atoms with van der Waals surface area (Å²) in [5.74, 6) is 0.172. The molecule has 34 heavy (non-hydrogen) atoms. The second-order valence-electron chi connectivity index (χ2n) is 7.51. The predicted octanol–water partition coefficient (Wildman–Crippen LogP) is 5.97. The van der Waals surface area contributed by atoms with Crippen molar-refractivity contribution in [3.63, 3.8) is 0 Å². The highest BCUT2D eigenvalue weighted by molar-refractivity contribution is 6.13. The molecular weight excluding hydrogens is 431 g/mol. The number of carbonyl (C=O) groups excluding carboxylic acids is 1. The average Bonchev–Trinajstić information content (AvgIpc) is 3.38. The van der Waals surface area contributed by atoms with Gasteiger partial charge in [-0.2, -0.15) is 0 Å². The van der Waals surface area contributed by atoms with Crippen molar-refractivity contribution in [3.8, 4) is 5.69 Å². The van der Waals surface area contributed by atoms with Crippen LogP contribution in [0.3, 0.4) is 0 Å². The summed E-state index contributed by atoms with van der Waals surface area (Å²) < 4.78 is 19.4. The van der Waals surface area contributed by atoms with E-state index in [1.54, 1.807) is 43.7 Å². The first-order valence-corrected chi connectivity index (χ1v) is 11.2. The summed E-state index contributed by atoms with van der Waals surface area (Å²) in [7, 11) is 3.25. The Morgan fingerprint density at radius 1 is 1.00 bits per heavy atom. The highest BCUT2D eigenvalue weighted by atomic mass is 19.1. The van der Waals surface area contributed by atoms with Gasteiger partial charge in [0.2, 0.25) is 0 Å². The molecule has 1 amide bonds. The van der Waals surface area contributed by atoms with E-state index in [9.17, 15) is 9.18 Å². The molecular formula is C27H33FN4O2. The lowest BCUT2D eigenvalue weighted by Gasteiger charge is -2.24. The number of aromatic nitrogens is 2. The van der Waals surface area contributed by atoms with E-state index in [0.717, 1.165) is 22.5 Å². The normalized spacial score (nSPS) is 14.7. The Hall–Kier alpha value is -3.58. The van der Waals surface area contributed by atoms with Gasteiger partial charge < -0.3 is 9.30 Å². The number of hydrogen-bond donors (Lipinski definition) is 0. The van der Waals surface area contributed by atoms with E-state index in [2.05, 4.69) is 14.7 Å². The van der Waals surface area contributed by atoms with Gasteiger partial charge in [-0.1, -0.05) is 38.1 Å². The van der Waals surface area contributed by atoms with Gasteiger partial charge in [0.25, 0.3) is 5.91 Å². The molecule has 0 saturated heterocycles. The van der Waals surface area contributed by atoms with Crippen molar-refractivity contribution in [1.82, 2.24) is 14.5 Å². The van der Waals surface area contributed by atoms with Gasteiger partial charge in [-0.15, -0.1) is 0 Å². The van der Waals surface area contributed by atoms with Gasteiger partial charge in [-0.05, 0) is 62.2 Å². The van der Waals surface area contributed by atoms with Crippen LogP contribution in [-0.2, 0) is 9.53 Å². The molecule has 6 nitrogen and oxygen atoms in total. The Balaban J connectivity index is 0.000000758. The first-order chi connectivity index (χ1) is 16.3. The van der Waals surface area contributed by atoms with Gasteiger partial charge in [-0.3, -0.25) is 9.69 Å². The molecule has 1 aromatic heterocycles. The smallest absolute Gasteiger partial charge is 0.278 e. The molecule has 0 saturated carbocycles. The van der Waals surface area contributed by atoms with Gasteiger partial charge in [0.1, 0.15) is 17.3 Å². The molecule has 7 heteroatoms. The monoisotopic (exact) mass is 464 g/mol. The Morgan fingerprint density at radius 3 is 2.12 bits per heavy atom. The number of amides is 1. The molecule has 1 atom stereocenters. The molecule has 2 aromatic carbocycles. The standard InChI is InChI=1S/C23H21FN4O.C2H6O.C2H6/c1-15-13-27(14-25-15)21-10-4-18(5-11-21)12-22-23(29)28(17(3)26-22)16(2)19-6-8-20(24)9-7-19;1-3-2;1-2/h4-14,16H,1-3H3;1-2H3;1-2H3/b22-12-;;/t16-;;/m0../s1. The van der Waals surface area contributed by atoms with Gasteiger partial charge in [0.15, 0.2) is 0 Å². The second-order valence-corrected chi connectivity index (χ2v) is 7.51. The summed E-state index contributed by atoms with van der Waals surface area (Å²) >= 11 is 0. The molecule has 2 heterocycles. The molecule has 3 aromatic rings. The fraction of sp³-hybridized carbons (Fsp3) is 0.296. The minimum Gasteiger partial charge on any atom is -0.388 e. The second kappa shape index (κ2) is 12.6.